The number of alkyl halides is 2. The highest BCUT2D eigenvalue weighted by Crippen LogP contribution is 2.30. The van der Waals surface area contributed by atoms with Crippen LogP contribution in [0.15, 0.2) is 18.2 Å². The summed E-state index contributed by atoms with van der Waals surface area (Å²) in [6.07, 6.45) is -1.93. The van der Waals surface area contributed by atoms with Gasteiger partial charge in [-0.3, -0.25) is 0 Å². The van der Waals surface area contributed by atoms with E-state index in [0.717, 1.165) is 19.0 Å². The smallest absolute Gasteiger partial charge is 0.266 e. The first-order valence-corrected chi connectivity index (χ1v) is 4.50. The summed E-state index contributed by atoms with van der Waals surface area (Å²) in [4.78, 5) is 0. The van der Waals surface area contributed by atoms with Crippen molar-refractivity contribution in [2.45, 2.75) is 18.9 Å². The molecule has 4 heteroatoms. The van der Waals surface area contributed by atoms with Crippen LogP contribution in [0.1, 0.15) is 30.0 Å². The van der Waals surface area contributed by atoms with Crippen molar-refractivity contribution in [1.29, 1.82) is 0 Å². The molecule has 2 rings (SSSR count). The fraction of sp³-hybridized carbons (Fsp3) is 0.400. The number of rotatable bonds is 2. The van der Waals surface area contributed by atoms with Gasteiger partial charge in [0, 0.05) is 11.6 Å². The van der Waals surface area contributed by atoms with Crippen molar-refractivity contribution in [3.63, 3.8) is 0 Å². The van der Waals surface area contributed by atoms with Crippen molar-refractivity contribution in [2.24, 2.45) is 0 Å². The summed E-state index contributed by atoms with van der Waals surface area (Å²) in [5.74, 6) is -0.764. The van der Waals surface area contributed by atoms with Gasteiger partial charge in [-0.1, -0.05) is 18.2 Å². The fourth-order valence-electron chi connectivity index (χ4n) is 1.56. The number of benzene rings is 1. The van der Waals surface area contributed by atoms with E-state index < -0.39 is 17.8 Å². The largest absolute Gasteiger partial charge is 0.310 e. The van der Waals surface area contributed by atoms with Crippen molar-refractivity contribution in [1.82, 2.24) is 5.32 Å². The zero-order valence-corrected chi connectivity index (χ0v) is 7.43. The lowest BCUT2D eigenvalue weighted by molar-refractivity contribution is 0.145. The molecule has 1 fully saturated rings. The topological polar surface area (TPSA) is 12.0 Å². The second-order valence-corrected chi connectivity index (χ2v) is 3.35. The third-order valence-electron chi connectivity index (χ3n) is 2.49. The molecule has 1 aromatic carbocycles. The van der Waals surface area contributed by atoms with E-state index in [0.29, 0.717) is 5.56 Å². The van der Waals surface area contributed by atoms with E-state index in [1.165, 1.54) is 6.07 Å². The minimum Gasteiger partial charge on any atom is -0.310 e. The van der Waals surface area contributed by atoms with Gasteiger partial charge in [0.25, 0.3) is 6.43 Å². The first-order chi connectivity index (χ1) is 6.70. The zero-order valence-electron chi connectivity index (χ0n) is 7.43. The summed E-state index contributed by atoms with van der Waals surface area (Å²) >= 11 is 0. The Bertz CT molecular complexity index is 334. The molecule has 1 saturated heterocycles. The third-order valence-corrected chi connectivity index (χ3v) is 2.49. The maximum Gasteiger partial charge on any atom is 0.266 e. The van der Waals surface area contributed by atoms with Crippen LogP contribution in [0.4, 0.5) is 13.2 Å². The second kappa shape index (κ2) is 3.61. The van der Waals surface area contributed by atoms with Crippen molar-refractivity contribution >= 4 is 0 Å². The van der Waals surface area contributed by atoms with Crippen LogP contribution in [0.3, 0.4) is 0 Å². The SMILES string of the molecule is Fc1c(C(F)F)cccc1C1CCN1. The van der Waals surface area contributed by atoms with Gasteiger partial charge >= 0.3 is 0 Å². The average molecular weight is 201 g/mol. The fourth-order valence-corrected chi connectivity index (χ4v) is 1.56. The van der Waals surface area contributed by atoms with E-state index in [1.54, 1.807) is 6.07 Å². The molecule has 1 unspecified atom stereocenters. The number of hydrogen-bond donors (Lipinski definition) is 1. The Morgan fingerprint density at radius 2 is 2.07 bits per heavy atom. The Hall–Kier alpha value is -1.03. The highest BCUT2D eigenvalue weighted by atomic mass is 19.3. The molecule has 1 aliphatic rings. The van der Waals surface area contributed by atoms with Gasteiger partial charge < -0.3 is 5.32 Å². The molecule has 0 spiro atoms. The highest BCUT2D eigenvalue weighted by Gasteiger charge is 2.24. The molecule has 0 aromatic heterocycles. The van der Waals surface area contributed by atoms with Gasteiger partial charge in [-0.2, -0.15) is 0 Å². The Kier molecular flexibility index (Phi) is 2.46. The summed E-state index contributed by atoms with van der Waals surface area (Å²) < 4.78 is 38.1. The quantitative estimate of drug-likeness (QED) is 0.775. The molecule has 0 radical (unpaired) electrons. The van der Waals surface area contributed by atoms with Gasteiger partial charge in [-0.15, -0.1) is 0 Å². The summed E-state index contributed by atoms with van der Waals surface area (Å²) in [6.45, 7) is 0.822. The molecule has 1 aliphatic heterocycles. The number of hydrogen-bond acceptors (Lipinski definition) is 1. The van der Waals surface area contributed by atoms with Crippen LogP contribution < -0.4 is 5.32 Å². The van der Waals surface area contributed by atoms with E-state index in [4.69, 9.17) is 0 Å². The summed E-state index contributed by atoms with van der Waals surface area (Å²) in [7, 11) is 0. The molecular formula is C10H10F3N. The predicted octanol–water partition coefficient (Wildman–Crippen LogP) is 2.80. The molecule has 0 bridgehead atoms. The Morgan fingerprint density at radius 1 is 1.36 bits per heavy atom. The lowest BCUT2D eigenvalue weighted by atomic mass is 9.96. The highest BCUT2D eigenvalue weighted by molar-refractivity contribution is 5.30. The molecule has 76 valence electrons. The van der Waals surface area contributed by atoms with Gasteiger partial charge in [-0.05, 0) is 13.0 Å². The van der Waals surface area contributed by atoms with Gasteiger partial charge in [0.2, 0.25) is 0 Å². The van der Waals surface area contributed by atoms with Crippen LogP contribution >= 0.6 is 0 Å². The van der Waals surface area contributed by atoms with Crippen LogP contribution in [0.5, 0.6) is 0 Å². The van der Waals surface area contributed by atoms with Crippen molar-refractivity contribution in [3.05, 3.63) is 35.1 Å². The first-order valence-electron chi connectivity index (χ1n) is 4.50. The lowest BCUT2D eigenvalue weighted by Gasteiger charge is -2.28. The van der Waals surface area contributed by atoms with E-state index in [2.05, 4.69) is 5.32 Å². The van der Waals surface area contributed by atoms with Crippen molar-refractivity contribution in [2.75, 3.05) is 6.54 Å². The van der Waals surface area contributed by atoms with Gasteiger partial charge in [0.05, 0.1) is 5.56 Å². The van der Waals surface area contributed by atoms with Crippen LogP contribution in [0, 0.1) is 5.82 Å². The molecule has 0 aliphatic carbocycles. The minimum atomic E-state index is -2.74. The second-order valence-electron chi connectivity index (χ2n) is 3.35. The van der Waals surface area contributed by atoms with Crippen LogP contribution in [0.25, 0.3) is 0 Å². The van der Waals surface area contributed by atoms with E-state index in [9.17, 15) is 13.2 Å². The molecule has 1 heterocycles. The van der Waals surface area contributed by atoms with E-state index in [-0.39, 0.29) is 6.04 Å². The van der Waals surface area contributed by atoms with Crippen LogP contribution in [0.2, 0.25) is 0 Å². The summed E-state index contributed by atoms with van der Waals surface area (Å²) in [6, 6.07) is 4.06. The monoisotopic (exact) mass is 201 g/mol. The van der Waals surface area contributed by atoms with Crippen LogP contribution in [-0.2, 0) is 0 Å². The molecule has 0 saturated carbocycles. The minimum absolute atomic E-state index is 0.0892. The van der Waals surface area contributed by atoms with Gasteiger partial charge in [0.15, 0.2) is 0 Å². The molecule has 1 aromatic rings. The Morgan fingerprint density at radius 3 is 2.57 bits per heavy atom. The summed E-state index contributed by atoms with van der Waals surface area (Å²) in [5.41, 5.74) is -0.148. The first kappa shape index (κ1) is 9.52. The maximum atomic E-state index is 13.5. The lowest BCUT2D eigenvalue weighted by Crippen LogP contribution is -2.35. The number of nitrogens with one attached hydrogen (secondary N) is 1. The standard InChI is InChI=1S/C10H10F3N/c11-9-6(8-4-5-14-8)2-1-3-7(9)10(12)13/h1-3,8,10,14H,4-5H2. The average Bonchev–Trinajstić information content (AvgIpc) is 2.04. The molecule has 0 amide bonds. The molecular weight excluding hydrogens is 191 g/mol. The zero-order chi connectivity index (χ0) is 10.1. The molecule has 14 heavy (non-hydrogen) atoms. The Balaban J connectivity index is 2.35. The van der Waals surface area contributed by atoms with Crippen LogP contribution in [-0.4, -0.2) is 6.54 Å². The maximum absolute atomic E-state index is 13.5. The molecule has 1 atom stereocenters. The van der Waals surface area contributed by atoms with Crippen molar-refractivity contribution in [3.8, 4) is 0 Å². The summed E-state index contributed by atoms with van der Waals surface area (Å²) in [5, 5.41) is 2.98. The van der Waals surface area contributed by atoms with Gasteiger partial charge in [-0.25, -0.2) is 13.2 Å². The Labute approximate surface area is 79.9 Å². The number of halogens is 3. The normalized spacial score (nSPS) is 21.0. The predicted molar refractivity (Wildman–Crippen MR) is 46.7 cm³/mol. The van der Waals surface area contributed by atoms with E-state index in [1.807, 2.05) is 0 Å². The third kappa shape index (κ3) is 1.50. The van der Waals surface area contributed by atoms with Crippen molar-refractivity contribution < 1.29 is 13.2 Å². The molecule has 1 N–H and O–H groups in total. The molecule has 1 nitrogen and oxygen atoms in total. The van der Waals surface area contributed by atoms with E-state index >= 15 is 0 Å². The van der Waals surface area contributed by atoms with Gasteiger partial charge in [0.1, 0.15) is 5.82 Å².